The molecule has 0 unspecified atom stereocenters. The number of hydrogen-bond donors (Lipinski definition) is 2. The second-order valence-electron chi connectivity index (χ2n) is 2.49. The molecule has 0 aliphatic rings. The van der Waals surface area contributed by atoms with Gasteiger partial charge in [-0.15, -0.1) is 0 Å². The fourth-order valence-electron chi connectivity index (χ4n) is 0.975. The third-order valence-corrected chi connectivity index (χ3v) is 1.92. The van der Waals surface area contributed by atoms with Crippen molar-refractivity contribution in [3.63, 3.8) is 0 Å². The maximum Gasteiger partial charge on any atom is 0.338 e. The molecule has 0 fully saturated rings. The summed E-state index contributed by atoms with van der Waals surface area (Å²) in [6.07, 6.45) is 0. The molecular formula is C9H6Cl2O3. The van der Waals surface area contributed by atoms with Gasteiger partial charge in [0, 0.05) is 0 Å². The Balaban J connectivity index is 3.27. The SMILES string of the molecule is O=C(O)C(=C(Cl)Cl)c1cccc(O)c1. The molecule has 0 aliphatic heterocycles. The Morgan fingerprint density at radius 1 is 1.29 bits per heavy atom. The second-order valence-corrected chi connectivity index (χ2v) is 3.44. The van der Waals surface area contributed by atoms with Crippen LogP contribution in [-0.4, -0.2) is 16.2 Å². The highest BCUT2D eigenvalue weighted by atomic mass is 35.5. The average Bonchev–Trinajstić information content (AvgIpc) is 2.02. The summed E-state index contributed by atoms with van der Waals surface area (Å²) in [4.78, 5) is 10.7. The van der Waals surface area contributed by atoms with Crippen LogP contribution in [0.3, 0.4) is 0 Å². The molecule has 0 radical (unpaired) electrons. The first-order chi connectivity index (χ1) is 6.52. The number of phenols is 1. The number of hydrogen-bond acceptors (Lipinski definition) is 2. The van der Waals surface area contributed by atoms with Gasteiger partial charge in [-0.2, -0.15) is 0 Å². The van der Waals surface area contributed by atoms with E-state index in [9.17, 15) is 4.79 Å². The van der Waals surface area contributed by atoms with Gasteiger partial charge in [-0.25, -0.2) is 4.79 Å². The van der Waals surface area contributed by atoms with E-state index in [0.717, 1.165) is 0 Å². The minimum absolute atomic E-state index is 0.0455. The van der Waals surface area contributed by atoms with E-state index in [1.54, 1.807) is 0 Å². The molecule has 1 aromatic carbocycles. The van der Waals surface area contributed by atoms with Gasteiger partial charge in [0.1, 0.15) is 10.2 Å². The summed E-state index contributed by atoms with van der Waals surface area (Å²) >= 11 is 10.8. The van der Waals surface area contributed by atoms with Crippen molar-refractivity contribution >= 4 is 34.7 Å². The Bertz CT molecular complexity index is 395. The zero-order valence-electron chi connectivity index (χ0n) is 6.87. The van der Waals surface area contributed by atoms with Crippen LogP contribution in [0, 0.1) is 0 Å². The topological polar surface area (TPSA) is 57.5 Å². The van der Waals surface area contributed by atoms with Gasteiger partial charge in [0.2, 0.25) is 0 Å². The van der Waals surface area contributed by atoms with Gasteiger partial charge in [0.25, 0.3) is 0 Å². The van der Waals surface area contributed by atoms with E-state index in [1.165, 1.54) is 24.3 Å². The molecule has 0 aromatic heterocycles. The van der Waals surface area contributed by atoms with Crippen molar-refractivity contribution < 1.29 is 15.0 Å². The molecule has 0 spiro atoms. The lowest BCUT2D eigenvalue weighted by atomic mass is 10.1. The molecule has 5 heteroatoms. The van der Waals surface area contributed by atoms with Crippen molar-refractivity contribution in [1.29, 1.82) is 0 Å². The molecule has 0 heterocycles. The van der Waals surface area contributed by atoms with Crippen molar-refractivity contribution in [2.24, 2.45) is 0 Å². The number of rotatable bonds is 2. The van der Waals surface area contributed by atoms with Crippen molar-refractivity contribution in [2.45, 2.75) is 0 Å². The Labute approximate surface area is 90.2 Å². The van der Waals surface area contributed by atoms with E-state index in [2.05, 4.69) is 0 Å². The average molecular weight is 233 g/mol. The summed E-state index contributed by atoms with van der Waals surface area (Å²) in [5.41, 5.74) is 0.0294. The van der Waals surface area contributed by atoms with Crippen LogP contribution >= 0.6 is 23.2 Å². The zero-order valence-corrected chi connectivity index (χ0v) is 8.38. The van der Waals surface area contributed by atoms with Crippen LogP contribution in [-0.2, 0) is 4.79 Å². The Kier molecular flexibility index (Phi) is 3.38. The number of carbonyl (C=O) groups is 1. The van der Waals surface area contributed by atoms with Crippen LogP contribution in [0.15, 0.2) is 28.8 Å². The van der Waals surface area contributed by atoms with Gasteiger partial charge in [-0.3, -0.25) is 0 Å². The van der Waals surface area contributed by atoms with Gasteiger partial charge in [-0.1, -0.05) is 35.3 Å². The van der Waals surface area contributed by atoms with Crippen LogP contribution in [0.25, 0.3) is 5.57 Å². The van der Waals surface area contributed by atoms with Crippen molar-refractivity contribution in [3.05, 3.63) is 34.3 Å². The molecule has 0 amide bonds. The standard InChI is InChI=1S/C9H6Cl2O3/c10-8(11)7(9(13)14)5-2-1-3-6(12)4-5/h1-4,12H,(H,13,14). The summed E-state index contributed by atoms with van der Waals surface area (Å²) in [5, 5.41) is 17.9. The summed E-state index contributed by atoms with van der Waals surface area (Å²) in [6, 6.07) is 5.69. The van der Waals surface area contributed by atoms with E-state index in [0.29, 0.717) is 0 Å². The Morgan fingerprint density at radius 3 is 2.36 bits per heavy atom. The van der Waals surface area contributed by atoms with Gasteiger partial charge < -0.3 is 10.2 Å². The third-order valence-electron chi connectivity index (χ3n) is 1.54. The van der Waals surface area contributed by atoms with Crippen molar-refractivity contribution in [2.75, 3.05) is 0 Å². The lowest BCUT2D eigenvalue weighted by Crippen LogP contribution is -2.00. The highest BCUT2D eigenvalue weighted by Gasteiger charge is 2.14. The number of aliphatic carboxylic acids is 1. The first kappa shape index (κ1) is 10.9. The number of carboxylic acid groups (broad SMARTS) is 1. The second kappa shape index (κ2) is 4.35. The van der Waals surface area contributed by atoms with Gasteiger partial charge in [0.05, 0.1) is 5.57 Å². The van der Waals surface area contributed by atoms with Gasteiger partial charge >= 0.3 is 5.97 Å². The summed E-state index contributed by atoms with van der Waals surface area (Å²) in [5.74, 6) is -1.29. The summed E-state index contributed by atoms with van der Waals surface area (Å²) in [7, 11) is 0. The number of aromatic hydroxyl groups is 1. The molecule has 74 valence electrons. The smallest absolute Gasteiger partial charge is 0.338 e. The van der Waals surface area contributed by atoms with E-state index < -0.39 is 5.97 Å². The van der Waals surface area contributed by atoms with Crippen molar-refractivity contribution in [1.82, 2.24) is 0 Å². The molecule has 14 heavy (non-hydrogen) atoms. The number of carboxylic acids is 1. The maximum atomic E-state index is 10.7. The molecule has 0 saturated carbocycles. The predicted octanol–water partition coefficient (Wildman–Crippen LogP) is 2.62. The molecule has 0 bridgehead atoms. The first-order valence-corrected chi connectivity index (χ1v) is 4.36. The molecule has 0 saturated heterocycles. The zero-order chi connectivity index (χ0) is 10.7. The van der Waals surface area contributed by atoms with Gasteiger partial charge in [-0.05, 0) is 17.7 Å². The molecule has 0 atom stereocenters. The molecular weight excluding hydrogens is 227 g/mol. The fraction of sp³-hybridized carbons (Fsp3) is 0. The summed E-state index contributed by atoms with van der Waals surface area (Å²) in [6.45, 7) is 0. The van der Waals surface area contributed by atoms with Crippen LogP contribution in [0.5, 0.6) is 5.75 Å². The number of benzene rings is 1. The Hall–Kier alpha value is -1.19. The predicted molar refractivity (Wildman–Crippen MR) is 54.4 cm³/mol. The van der Waals surface area contributed by atoms with Gasteiger partial charge in [0.15, 0.2) is 0 Å². The fourth-order valence-corrected chi connectivity index (χ4v) is 1.35. The first-order valence-electron chi connectivity index (χ1n) is 3.60. The largest absolute Gasteiger partial charge is 0.508 e. The van der Waals surface area contributed by atoms with Crippen LogP contribution in [0.4, 0.5) is 0 Å². The summed E-state index contributed by atoms with van der Waals surface area (Å²) < 4.78 is -0.344. The highest BCUT2D eigenvalue weighted by Crippen LogP contribution is 2.26. The minimum atomic E-state index is -1.24. The number of phenolic OH excluding ortho intramolecular Hbond substituents is 1. The van der Waals surface area contributed by atoms with Crippen LogP contribution in [0.1, 0.15) is 5.56 Å². The lowest BCUT2D eigenvalue weighted by Gasteiger charge is -2.02. The molecule has 1 rings (SSSR count). The highest BCUT2D eigenvalue weighted by molar-refractivity contribution is 6.61. The van der Waals surface area contributed by atoms with Crippen LogP contribution in [0.2, 0.25) is 0 Å². The van der Waals surface area contributed by atoms with Crippen molar-refractivity contribution in [3.8, 4) is 5.75 Å². The Morgan fingerprint density at radius 2 is 1.93 bits per heavy atom. The lowest BCUT2D eigenvalue weighted by molar-refractivity contribution is -0.130. The molecule has 2 N–H and O–H groups in total. The molecule has 0 aliphatic carbocycles. The maximum absolute atomic E-state index is 10.7. The normalized spacial score (nSPS) is 9.57. The third kappa shape index (κ3) is 2.40. The van der Waals surface area contributed by atoms with E-state index in [4.69, 9.17) is 33.4 Å². The number of halogens is 2. The molecule has 3 nitrogen and oxygen atoms in total. The van der Waals surface area contributed by atoms with E-state index >= 15 is 0 Å². The minimum Gasteiger partial charge on any atom is -0.508 e. The molecule has 1 aromatic rings. The van der Waals surface area contributed by atoms with E-state index in [1.807, 2.05) is 0 Å². The van der Waals surface area contributed by atoms with Crippen LogP contribution < -0.4 is 0 Å². The quantitative estimate of drug-likeness (QED) is 0.772. The monoisotopic (exact) mass is 232 g/mol. The van der Waals surface area contributed by atoms with E-state index in [-0.39, 0.29) is 21.4 Å².